The van der Waals surface area contributed by atoms with E-state index >= 15 is 0 Å². The smallest absolute Gasteiger partial charge is 0.462 e. The van der Waals surface area contributed by atoms with E-state index in [-0.39, 0.29) is 24.0 Å². The van der Waals surface area contributed by atoms with Crippen molar-refractivity contribution in [2.24, 2.45) is 5.10 Å². The van der Waals surface area contributed by atoms with Gasteiger partial charge in [-0.25, -0.2) is 5.43 Å². The van der Waals surface area contributed by atoms with Crippen molar-refractivity contribution in [3.63, 3.8) is 0 Å². The molecule has 4 nitrogen and oxygen atoms in total. The molecule has 0 saturated carbocycles. The highest BCUT2D eigenvalue weighted by Gasteiger charge is 2.73. The highest BCUT2D eigenvalue weighted by Crippen LogP contribution is 2.45. The molecule has 0 unspecified atom stereocenters. The van der Waals surface area contributed by atoms with Crippen LogP contribution in [0.1, 0.15) is 32.8 Å². The molecule has 0 fully saturated rings. The third-order valence-corrected chi connectivity index (χ3v) is 3.34. The van der Waals surface area contributed by atoms with Crippen LogP contribution in [0.5, 0.6) is 11.5 Å². The summed E-state index contributed by atoms with van der Waals surface area (Å²) in [5, 5.41) is 2.80. The largest absolute Gasteiger partial charge is 0.490 e. The van der Waals surface area contributed by atoms with Crippen LogP contribution in [0.15, 0.2) is 23.3 Å². The summed E-state index contributed by atoms with van der Waals surface area (Å²) in [5.41, 5.74) is 0.675. The normalized spacial score (nSPS) is 14.3. The Kier molecular flexibility index (Phi) is 7.32. The number of hydrogen-bond donors (Lipinski definition) is 1. The van der Waals surface area contributed by atoms with Crippen LogP contribution in [-0.4, -0.2) is 37.1 Å². The number of benzene rings is 1. The van der Waals surface area contributed by atoms with E-state index in [0.29, 0.717) is 23.8 Å². The molecule has 1 aromatic rings. The lowest BCUT2D eigenvalue weighted by Crippen LogP contribution is -2.58. The van der Waals surface area contributed by atoms with Crippen LogP contribution in [0.3, 0.4) is 0 Å². The second kappa shape index (κ2) is 8.66. The molecule has 0 spiro atoms. The molecule has 1 N–H and O–H groups in total. The first kappa shape index (κ1) is 22.8. The molecule has 0 heterocycles. The molecule has 0 aliphatic heterocycles. The topological polar surface area (TPSA) is 42.8 Å². The number of rotatable bonds is 9. The lowest BCUT2D eigenvalue weighted by atomic mass is 10.2. The molecular formula is C16H19F7N2O2. The maximum Gasteiger partial charge on any atom is 0.462 e. The van der Waals surface area contributed by atoms with Crippen molar-refractivity contribution in [3.8, 4) is 11.5 Å². The number of nitrogens with one attached hydrogen (secondary N) is 1. The lowest BCUT2D eigenvalue weighted by molar-refractivity contribution is -0.361. The van der Waals surface area contributed by atoms with Crippen molar-refractivity contribution >= 4 is 6.21 Å². The quantitative estimate of drug-likeness (QED) is 0.273. The SMILES string of the molecule is CCOc1cc(/C=N/NC(F)(F)C(F)(F)C(F)(F)F)ccc1O[C@H](C)CC. The molecule has 1 rings (SSSR count). The van der Waals surface area contributed by atoms with E-state index in [9.17, 15) is 30.7 Å². The Balaban J connectivity index is 2.96. The predicted octanol–water partition coefficient (Wildman–Crippen LogP) is 4.98. The van der Waals surface area contributed by atoms with E-state index in [1.54, 1.807) is 6.92 Å². The summed E-state index contributed by atoms with van der Waals surface area (Å²) in [7, 11) is 0. The van der Waals surface area contributed by atoms with Crippen LogP contribution in [0, 0.1) is 0 Å². The molecule has 0 aliphatic rings. The van der Waals surface area contributed by atoms with Crippen molar-refractivity contribution in [1.29, 1.82) is 0 Å². The maximum absolute atomic E-state index is 13.1. The average molecular weight is 404 g/mol. The molecule has 0 amide bonds. The fraction of sp³-hybridized carbons (Fsp3) is 0.562. The number of ether oxygens (including phenoxy) is 2. The molecule has 0 aromatic heterocycles. The van der Waals surface area contributed by atoms with Crippen LogP contribution in [0.4, 0.5) is 30.7 Å². The molecule has 0 bridgehead atoms. The fourth-order valence-electron chi connectivity index (χ4n) is 1.71. The molecule has 154 valence electrons. The summed E-state index contributed by atoms with van der Waals surface area (Å²) in [4.78, 5) is 0. The minimum atomic E-state index is -6.43. The van der Waals surface area contributed by atoms with Gasteiger partial charge in [0, 0.05) is 0 Å². The summed E-state index contributed by atoms with van der Waals surface area (Å²) >= 11 is 0. The third-order valence-electron chi connectivity index (χ3n) is 3.34. The Bertz CT molecular complexity index is 648. The van der Waals surface area contributed by atoms with Crippen LogP contribution >= 0.6 is 0 Å². The zero-order valence-corrected chi connectivity index (χ0v) is 14.7. The van der Waals surface area contributed by atoms with Gasteiger partial charge in [-0.2, -0.15) is 35.8 Å². The van der Waals surface area contributed by atoms with Gasteiger partial charge in [-0.1, -0.05) is 6.92 Å². The first-order valence-corrected chi connectivity index (χ1v) is 7.91. The number of alkyl halides is 7. The van der Waals surface area contributed by atoms with Crippen LogP contribution < -0.4 is 14.9 Å². The number of hydrogen-bond acceptors (Lipinski definition) is 4. The van der Waals surface area contributed by atoms with Gasteiger partial charge in [0.15, 0.2) is 11.5 Å². The van der Waals surface area contributed by atoms with E-state index in [4.69, 9.17) is 9.47 Å². The Morgan fingerprint density at radius 3 is 2.22 bits per heavy atom. The molecule has 11 heteroatoms. The van der Waals surface area contributed by atoms with Gasteiger partial charge in [0.05, 0.1) is 18.9 Å². The van der Waals surface area contributed by atoms with Gasteiger partial charge in [0.2, 0.25) is 0 Å². The highest BCUT2D eigenvalue weighted by atomic mass is 19.4. The lowest BCUT2D eigenvalue weighted by Gasteiger charge is -2.27. The highest BCUT2D eigenvalue weighted by molar-refractivity contribution is 5.80. The van der Waals surface area contributed by atoms with Crippen molar-refractivity contribution in [1.82, 2.24) is 5.43 Å². The number of hydrazone groups is 1. The first-order valence-electron chi connectivity index (χ1n) is 7.91. The van der Waals surface area contributed by atoms with Gasteiger partial charge in [-0.15, -0.1) is 0 Å². The van der Waals surface area contributed by atoms with Gasteiger partial charge in [-0.05, 0) is 44.0 Å². The van der Waals surface area contributed by atoms with Gasteiger partial charge in [0.25, 0.3) is 0 Å². The summed E-state index contributed by atoms with van der Waals surface area (Å²) in [6.07, 6.45) is -5.19. The summed E-state index contributed by atoms with van der Waals surface area (Å²) < 4.78 is 98.8. The minimum absolute atomic E-state index is 0.119. The van der Waals surface area contributed by atoms with E-state index in [1.165, 1.54) is 18.2 Å². The van der Waals surface area contributed by atoms with Crippen LogP contribution in [-0.2, 0) is 0 Å². The van der Waals surface area contributed by atoms with Gasteiger partial charge >= 0.3 is 18.1 Å². The van der Waals surface area contributed by atoms with Gasteiger partial charge < -0.3 is 9.47 Å². The number of halogens is 7. The summed E-state index contributed by atoms with van der Waals surface area (Å²) in [6.45, 7) is 5.66. The zero-order chi connectivity index (χ0) is 20.9. The summed E-state index contributed by atoms with van der Waals surface area (Å²) in [5.74, 6) is -5.68. The second-order valence-electron chi connectivity index (χ2n) is 5.49. The Morgan fingerprint density at radius 2 is 1.70 bits per heavy atom. The maximum atomic E-state index is 13.1. The molecule has 0 radical (unpaired) electrons. The fourth-order valence-corrected chi connectivity index (χ4v) is 1.71. The summed E-state index contributed by atoms with van der Waals surface area (Å²) in [6, 6.07) is -1.50. The molecule has 1 atom stereocenters. The number of nitrogens with zero attached hydrogens (tertiary/aromatic N) is 1. The molecule has 1 aromatic carbocycles. The van der Waals surface area contributed by atoms with Crippen LogP contribution in [0.25, 0.3) is 0 Å². The minimum Gasteiger partial charge on any atom is -0.490 e. The Hall–Kier alpha value is -2.20. The monoisotopic (exact) mass is 404 g/mol. The Labute approximate surface area is 151 Å². The van der Waals surface area contributed by atoms with Gasteiger partial charge in [0.1, 0.15) is 0 Å². The molecular weight excluding hydrogens is 385 g/mol. The van der Waals surface area contributed by atoms with E-state index in [0.717, 1.165) is 0 Å². The van der Waals surface area contributed by atoms with Gasteiger partial charge in [-0.3, -0.25) is 0 Å². The Morgan fingerprint density at radius 1 is 1.07 bits per heavy atom. The van der Waals surface area contributed by atoms with Crippen molar-refractivity contribution in [2.75, 3.05) is 6.61 Å². The van der Waals surface area contributed by atoms with E-state index < -0.39 is 18.1 Å². The third kappa shape index (κ3) is 5.64. The van der Waals surface area contributed by atoms with Crippen molar-refractivity contribution in [3.05, 3.63) is 23.8 Å². The van der Waals surface area contributed by atoms with Crippen molar-refractivity contribution < 1.29 is 40.2 Å². The first-order chi connectivity index (χ1) is 12.4. The molecule has 0 saturated heterocycles. The molecule has 27 heavy (non-hydrogen) atoms. The second-order valence-corrected chi connectivity index (χ2v) is 5.49. The average Bonchev–Trinajstić information content (AvgIpc) is 2.55. The van der Waals surface area contributed by atoms with E-state index in [2.05, 4.69) is 5.10 Å². The predicted molar refractivity (Wildman–Crippen MR) is 84.7 cm³/mol. The zero-order valence-electron chi connectivity index (χ0n) is 14.7. The van der Waals surface area contributed by atoms with E-state index in [1.807, 2.05) is 13.8 Å². The van der Waals surface area contributed by atoms with Crippen molar-refractivity contribution in [2.45, 2.75) is 51.4 Å². The van der Waals surface area contributed by atoms with Crippen LogP contribution in [0.2, 0.25) is 0 Å². The standard InChI is InChI=1S/C16H19F7N2O2/c1-4-10(3)27-12-7-6-11(8-13(12)26-5-2)9-24-25-16(22,23)14(17,18)15(19,20)21/h6-10,25H,4-5H2,1-3H3/b24-9+/t10-/m1/s1. The molecule has 0 aliphatic carbocycles.